The molecule has 0 bridgehead atoms. The zero-order chi connectivity index (χ0) is 13.8. The van der Waals surface area contributed by atoms with Crippen LogP contribution in [0.1, 0.15) is 31.2 Å². The highest BCUT2D eigenvalue weighted by Gasteiger charge is 2.25. The van der Waals surface area contributed by atoms with Gasteiger partial charge < -0.3 is 16.0 Å². The van der Waals surface area contributed by atoms with Crippen molar-refractivity contribution < 1.29 is 4.79 Å². The number of nitrogen functional groups attached to an aromatic ring is 1. The van der Waals surface area contributed by atoms with E-state index in [1.165, 1.54) is 12.8 Å². The summed E-state index contributed by atoms with van der Waals surface area (Å²) in [6.07, 6.45) is 4.11. The number of nitrogens with two attached hydrogens (primary N) is 1. The maximum Gasteiger partial charge on any atom is 0.224 e. The standard InChI is InChI=1S/C15H23N3O/c1-11-10-12(16)5-8-14(11)17-15(19)4-3-9-18(2)13-6-7-13/h5,8,10,13H,3-4,6-7,9,16H2,1-2H3,(H,17,19). The van der Waals surface area contributed by atoms with E-state index in [9.17, 15) is 4.79 Å². The van der Waals surface area contributed by atoms with E-state index in [2.05, 4.69) is 17.3 Å². The Hall–Kier alpha value is -1.55. The zero-order valence-electron chi connectivity index (χ0n) is 11.8. The lowest BCUT2D eigenvalue weighted by atomic mass is 10.1. The van der Waals surface area contributed by atoms with Crippen LogP contribution < -0.4 is 11.1 Å². The third-order valence-corrected chi connectivity index (χ3v) is 3.61. The first-order valence-electron chi connectivity index (χ1n) is 6.92. The van der Waals surface area contributed by atoms with Crippen LogP contribution in [0.3, 0.4) is 0 Å². The molecule has 1 fully saturated rings. The van der Waals surface area contributed by atoms with Crippen molar-refractivity contribution in [2.75, 3.05) is 24.6 Å². The lowest BCUT2D eigenvalue weighted by Gasteiger charge is -2.15. The smallest absolute Gasteiger partial charge is 0.224 e. The van der Waals surface area contributed by atoms with E-state index in [0.717, 1.165) is 35.9 Å². The van der Waals surface area contributed by atoms with Crippen molar-refractivity contribution in [1.82, 2.24) is 4.90 Å². The summed E-state index contributed by atoms with van der Waals surface area (Å²) in [4.78, 5) is 14.2. The molecule has 0 radical (unpaired) electrons. The van der Waals surface area contributed by atoms with Crippen LogP contribution >= 0.6 is 0 Å². The highest BCUT2D eigenvalue weighted by Crippen LogP contribution is 2.25. The summed E-state index contributed by atoms with van der Waals surface area (Å²) in [5.41, 5.74) is 8.27. The van der Waals surface area contributed by atoms with Crippen molar-refractivity contribution >= 4 is 17.3 Å². The molecule has 0 aromatic heterocycles. The fraction of sp³-hybridized carbons (Fsp3) is 0.533. The second-order valence-electron chi connectivity index (χ2n) is 5.44. The molecule has 3 N–H and O–H groups in total. The van der Waals surface area contributed by atoms with Crippen molar-refractivity contribution in [3.8, 4) is 0 Å². The molecule has 0 atom stereocenters. The Kier molecular flexibility index (Phi) is 4.43. The molecule has 19 heavy (non-hydrogen) atoms. The van der Waals surface area contributed by atoms with E-state index >= 15 is 0 Å². The van der Waals surface area contributed by atoms with Gasteiger partial charge in [0.1, 0.15) is 0 Å². The molecule has 1 aromatic rings. The minimum Gasteiger partial charge on any atom is -0.399 e. The minimum atomic E-state index is 0.0806. The maximum absolute atomic E-state index is 11.9. The van der Waals surface area contributed by atoms with Gasteiger partial charge in [0.2, 0.25) is 5.91 Å². The number of aryl methyl sites for hydroxylation is 1. The number of benzene rings is 1. The molecule has 1 aliphatic rings. The first-order valence-corrected chi connectivity index (χ1v) is 6.92. The van der Waals surface area contributed by atoms with E-state index in [0.29, 0.717) is 6.42 Å². The van der Waals surface area contributed by atoms with Crippen LogP contribution in [0, 0.1) is 6.92 Å². The van der Waals surface area contributed by atoms with Crippen LogP contribution in [-0.4, -0.2) is 30.4 Å². The molecule has 1 amide bonds. The summed E-state index contributed by atoms with van der Waals surface area (Å²) < 4.78 is 0. The van der Waals surface area contributed by atoms with E-state index in [-0.39, 0.29) is 5.91 Å². The first-order chi connectivity index (χ1) is 9.06. The molecular formula is C15H23N3O. The molecule has 0 aliphatic heterocycles. The van der Waals surface area contributed by atoms with E-state index in [1.807, 2.05) is 25.1 Å². The number of nitrogens with zero attached hydrogens (tertiary/aromatic N) is 1. The summed E-state index contributed by atoms with van der Waals surface area (Å²) in [7, 11) is 2.14. The van der Waals surface area contributed by atoms with Crippen LogP contribution in [0.5, 0.6) is 0 Å². The lowest BCUT2D eigenvalue weighted by molar-refractivity contribution is -0.116. The van der Waals surface area contributed by atoms with Crippen molar-refractivity contribution in [3.63, 3.8) is 0 Å². The Morgan fingerprint density at radius 2 is 2.21 bits per heavy atom. The molecule has 1 aliphatic carbocycles. The summed E-state index contributed by atoms with van der Waals surface area (Å²) in [5, 5.41) is 2.94. The van der Waals surface area contributed by atoms with Crippen LogP contribution in [0.4, 0.5) is 11.4 Å². The van der Waals surface area contributed by atoms with Gasteiger partial charge >= 0.3 is 0 Å². The highest BCUT2D eigenvalue weighted by molar-refractivity contribution is 5.91. The normalized spacial score (nSPS) is 14.7. The predicted octanol–water partition coefficient (Wildman–Crippen LogP) is 2.39. The molecule has 0 spiro atoms. The largest absolute Gasteiger partial charge is 0.399 e. The third kappa shape index (κ3) is 4.24. The number of hydrogen-bond donors (Lipinski definition) is 2. The molecule has 0 unspecified atom stereocenters. The van der Waals surface area contributed by atoms with Gasteiger partial charge in [0.25, 0.3) is 0 Å². The maximum atomic E-state index is 11.9. The van der Waals surface area contributed by atoms with Crippen molar-refractivity contribution in [2.45, 2.75) is 38.6 Å². The monoisotopic (exact) mass is 261 g/mol. The van der Waals surface area contributed by atoms with E-state index in [1.54, 1.807) is 0 Å². The van der Waals surface area contributed by atoms with Gasteiger partial charge in [-0.05, 0) is 63.5 Å². The summed E-state index contributed by atoms with van der Waals surface area (Å²) in [6.45, 7) is 2.95. The van der Waals surface area contributed by atoms with Crippen LogP contribution in [0.25, 0.3) is 0 Å². The Morgan fingerprint density at radius 3 is 2.84 bits per heavy atom. The average Bonchev–Trinajstić information content (AvgIpc) is 3.16. The van der Waals surface area contributed by atoms with Crippen LogP contribution in [0.2, 0.25) is 0 Å². The predicted molar refractivity (Wildman–Crippen MR) is 79.1 cm³/mol. The van der Waals surface area contributed by atoms with Gasteiger partial charge in [0, 0.05) is 23.8 Å². The number of hydrogen-bond acceptors (Lipinski definition) is 3. The van der Waals surface area contributed by atoms with Crippen LogP contribution in [0.15, 0.2) is 18.2 Å². The van der Waals surface area contributed by atoms with Gasteiger partial charge in [-0.25, -0.2) is 0 Å². The second kappa shape index (κ2) is 6.06. The van der Waals surface area contributed by atoms with Gasteiger partial charge in [0.05, 0.1) is 0 Å². The molecule has 4 nitrogen and oxygen atoms in total. The topological polar surface area (TPSA) is 58.4 Å². The minimum absolute atomic E-state index is 0.0806. The molecular weight excluding hydrogens is 238 g/mol. The molecule has 2 rings (SSSR count). The number of carbonyl (C=O) groups excluding carboxylic acids is 1. The lowest BCUT2D eigenvalue weighted by Crippen LogP contribution is -2.23. The number of anilines is 2. The van der Waals surface area contributed by atoms with E-state index < -0.39 is 0 Å². The second-order valence-corrected chi connectivity index (χ2v) is 5.44. The Balaban J connectivity index is 1.74. The molecule has 0 saturated heterocycles. The number of amides is 1. The summed E-state index contributed by atoms with van der Waals surface area (Å²) >= 11 is 0. The zero-order valence-corrected chi connectivity index (χ0v) is 11.8. The first kappa shape index (κ1) is 13.9. The number of nitrogens with one attached hydrogen (secondary N) is 1. The van der Waals surface area contributed by atoms with Crippen LogP contribution in [-0.2, 0) is 4.79 Å². The number of rotatable bonds is 6. The Labute approximate surface area is 115 Å². The third-order valence-electron chi connectivity index (χ3n) is 3.61. The molecule has 104 valence electrons. The Morgan fingerprint density at radius 1 is 1.47 bits per heavy atom. The Bertz CT molecular complexity index is 455. The fourth-order valence-corrected chi connectivity index (χ4v) is 2.23. The average molecular weight is 261 g/mol. The number of carbonyl (C=O) groups is 1. The van der Waals surface area contributed by atoms with Gasteiger partial charge in [0.15, 0.2) is 0 Å². The van der Waals surface area contributed by atoms with Gasteiger partial charge in [-0.3, -0.25) is 4.79 Å². The van der Waals surface area contributed by atoms with Gasteiger partial charge in [-0.2, -0.15) is 0 Å². The quantitative estimate of drug-likeness (QED) is 0.773. The van der Waals surface area contributed by atoms with Crippen molar-refractivity contribution in [2.24, 2.45) is 0 Å². The fourth-order valence-electron chi connectivity index (χ4n) is 2.23. The molecule has 1 aromatic carbocycles. The van der Waals surface area contributed by atoms with E-state index in [4.69, 9.17) is 5.73 Å². The van der Waals surface area contributed by atoms with Crippen molar-refractivity contribution in [3.05, 3.63) is 23.8 Å². The SMILES string of the molecule is Cc1cc(N)ccc1NC(=O)CCCN(C)C1CC1. The van der Waals surface area contributed by atoms with Crippen molar-refractivity contribution in [1.29, 1.82) is 0 Å². The molecule has 1 saturated carbocycles. The molecule has 0 heterocycles. The van der Waals surface area contributed by atoms with Gasteiger partial charge in [-0.1, -0.05) is 0 Å². The molecule has 4 heteroatoms. The summed E-state index contributed by atoms with van der Waals surface area (Å²) in [5.74, 6) is 0.0806. The highest BCUT2D eigenvalue weighted by atomic mass is 16.1. The summed E-state index contributed by atoms with van der Waals surface area (Å²) in [6, 6.07) is 6.31. The van der Waals surface area contributed by atoms with Gasteiger partial charge in [-0.15, -0.1) is 0 Å².